The lowest BCUT2D eigenvalue weighted by Crippen LogP contribution is -2.01. The van der Waals surface area contributed by atoms with E-state index in [0.29, 0.717) is 5.56 Å². The molecule has 81 valence electrons. The molecule has 0 unspecified atom stereocenters. The van der Waals surface area contributed by atoms with E-state index in [0.717, 1.165) is 0 Å². The summed E-state index contributed by atoms with van der Waals surface area (Å²) in [5.74, 6) is 0. The molecular weight excluding hydrogens is 229 g/mol. The molecule has 0 N–H and O–H groups in total. The molecule has 0 aliphatic carbocycles. The Morgan fingerprint density at radius 3 is 2.60 bits per heavy atom. The smallest absolute Gasteiger partial charge is 0.446 e. The van der Waals surface area contributed by atoms with E-state index in [1.165, 1.54) is 24.7 Å². The van der Waals surface area contributed by atoms with E-state index in [1.54, 1.807) is 6.07 Å². The highest BCUT2D eigenvalue weighted by atomic mass is 32.2. The summed E-state index contributed by atoms with van der Waals surface area (Å²) in [4.78, 5) is 9.83. The SMILES string of the molecule is O=[C]OCc1ccccc1SC(F)(F)F. The Hall–Kier alpha value is -1.17. The van der Waals surface area contributed by atoms with Gasteiger partial charge in [0.05, 0.1) is 0 Å². The fourth-order valence-corrected chi connectivity index (χ4v) is 1.61. The van der Waals surface area contributed by atoms with Gasteiger partial charge in [0.2, 0.25) is 0 Å². The van der Waals surface area contributed by atoms with Gasteiger partial charge in [0, 0.05) is 10.5 Å². The van der Waals surface area contributed by atoms with Crippen molar-refractivity contribution >= 4 is 18.2 Å². The topological polar surface area (TPSA) is 26.3 Å². The van der Waals surface area contributed by atoms with Gasteiger partial charge in [-0.2, -0.15) is 13.2 Å². The molecule has 0 bridgehead atoms. The third kappa shape index (κ3) is 4.24. The first-order valence-electron chi connectivity index (χ1n) is 3.85. The van der Waals surface area contributed by atoms with Crippen molar-refractivity contribution in [3.63, 3.8) is 0 Å². The number of thioether (sulfide) groups is 1. The minimum Gasteiger partial charge on any atom is -0.452 e. The van der Waals surface area contributed by atoms with Crippen LogP contribution in [0.5, 0.6) is 0 Å². The van der Waals surface area contributed by atoms with Crippen molar-refractivity contribution in [3.05, 3.63) is 29.8 Å². The zero-order valence-corrected chi connectivity index (χ0v) is 8.19. The van der Waals surface area contributed by atoms with Gasteiger partial charge in [0.15, 0.2) is 0 Å². The number of ether oxygens (including phenoxy) is 1. The van der Waals surface area contributed by atoms with E-state index in [9.17, 15) is 18.0 Å². The van der Waals surface area contributed by atoms with E-state index >= 15 is 0 Å². The number of alkyl halides is 3. The highest BCUT2D eigenvalue weighted by Gasteiger charge is 2.30. The highest BCUT2D eigenvalue weighted by Crippen LogP contribution is 2.38. The number of rotatable bonds is 4. The summed E-state index contributed by atoms with van der Waals surface area (Å²) < 4.78 is 40.6. The second kappa shape index (κ2) is 5.06. The molecule has 0 aromatic heterocycles. The van der Waals surface area contributed by atoms with E-state index in [-0.39, 0.29) is 23.3 Å². The van der Waals surface area contributed by atoms with Crippen molar-refractivity contribution in [3.8, 4) is 0 Å². The monoisotopic (exact) mass is 235 g/mol. The molecule has 0 heterocycles. The summed E-state index contributed by atoms with van der Waals surface area (Å²) in [6, 6.07) is 5.85. The molecule has 1 aromatic carbocycles. The van der Waals surface area contributed by atoms with Gasteiger partial charge < -0.3 is 4.74 Å². The second-order valence-corrected chi connectivity index (χ2v) is 3.63. The van der Waals surface area contributed by atoms with Crippen molar-refractivity contribution in [2.24, 2.45) is 0 Å². The summed E-state index contributed by atoms with van der Waals surface area (Å²) in [7, 11) is 0. The average molecular weight is 235 g/mol. The second-order valence-electron chi connectivity index (χ2n) is 2.53. The Balaban J connectivity index is 2.81. The van der Waals surface area contributed by atoms with Gasteiger partial charge in [-0.05, 0) is 17.8 Å². The molecule has 15 heavy (non-hydrogen) atoms. The van der Waals surface area contributed by atoms with Crippen LogP contribution < -0.4 is 0 Å². The Bertz CT molecular complexity index is 338. The Morgan fingerprint density at radius 2 is 2.00 bits per heavy atom. The third-order valence-corrected chi connectivity index (χ3v) is 2.33. The number of halogens is 3. The molecule has 0 atom stereocenters. The largest absolute Gasteiger partial charge is 0.452 e. The lowest BCUT2D eigenvalue weighted by molar-refractivity contribution is -0.0328. The summed E-state index contributed by atoms with van der Waals surface area (Å²) >= 11 is -0.232. The fourth-order valence-electron chi connectivity index (χ4n) is 0.955. The van der Waals surface area contributed by atoms with Gasteiger partial charge in [0.1, 0.15) is 6.61 Å². The van der Waals surface area contributed by atoms with E-state index in [2.05, 4.69) is 4.74 Å². The molecule has 0 saturated carbocycles. The van der Waals surface area contributed by atoms with Crippen LogP contribution in [0.25, 0.3) is 0 Å². The van der Waals surface area contributed by atoms with Crippen LogP contribution in [0.4, 0.5) is 13.2 Å². The number of hydrogen-bond donors (Lipinski definition) is 0. The Kier molecular flexibility index (Phi) is 4.02. The van der Waals surface area contributed by atoms with Crippen molar-refractivity contribution in [1.29, 1.82) is 0 Å². The molecule has 1 rings (SSSR count). The van der Waals surface area contributed by atoms with E-state index < -0.39 is 5.51 Å². The van der Waals surface area contributed by atoms with Gasteiger partial charge >= 0.3 is 12.0 Å². The van der Waals surface area contributed by atoms with Gasteiger partial charge in [0.25, 0.3) is 0 Å². The molecule has 0 saturated heterocycles. The van der Waals surface area contributed by atoms with Crippen LogP contribution in [0.1, 0.15) is 5.56 Å². The van der Waals surface area contributed by atoms with Crippen molar-refractivity contribution < 1.29 is 22.7 Å². The van der Waals surface area contributed by atoms with Crippen molar-refractivity contribution in [2.75, 3.05) is 0 Å². The number of carbonyl (C=O) groups excluding carboxylic acids is 1. The first-order chi connectivity index (χ1) is 7.03. The number of benzene rings is 1. The lowest BCUT2D eigenvalue weighted by atomic mass is 10.2. The predicted octanol–water partition coefficient (Wildman–Crippen LogP) is 2.88. The standard InChI is InChI=1S/C9H6F3O2S/c10-9(11,12)15-8-4-2-1-3-7(8)5-14-6-13/h1-4H,5H2. The maximum Gasteiger partial charge on any atom is 0.446 e. The van der Waals surface area contributed by atoms with Gasteiger partial charge in [-0.3, -0.25) is 0 Å². The molecule has 0 amide bonds. The maximum absolute atomic E-state index is 12.1. The van der Waals surface area contributed by atoms with Crippen LogP contribution >= 0.6 is 11.8 Å². The quantitative estimate of drug-likeness (QED) is 0.750. The molecular formula is C9H6F3O2S. The Morgan fingerprint density at radius 1 is 1.33 bits per heavy atom. The van der Waals surface area contributed by atoms with Crippen LogP contribution in [-0.4, -0.2) is 12.0 Å². The first kappa shape index (κ1) is 11.9. The average Bonchev–Trinajstić information content (AvgIpc) is 2.14. The van der Waals surface area contributed by atoms with E-state index in [4.69, 9.17) is 0 Å². The summed E-state index contributed by atoms with van der Waals surface area (Å²) in [5, 5.41) is 0. The van der Waals surface area contributed by atoms with Gasteiger partial charge in [-0.1, -0.05) is 18.2 Å². The highest BCUT2D eigenvalue weighted by molar-refractivity contribution is 8.00. The van der Waals surface area contributed by atoms with Crippen LogP contribution in [-0.2, 0) is 16.1 Å². The zero-order valence-electron chi connectivity index (χ0n) is 7.38. The molecule has 0 fully saturated rings. The van der Waals surface area contributed by atoms with Crippen LogP contribution in [0.15, 0.2) is 29.2 Å². The molecule has 1 aromatic rings. The molecule has 0 spiro atoms. The van der Waals surface area contributed by atoms with Crippen LogP contribution in [0.2, 0.25) is 0 Å². The minimum absolute atomic E-state index is 0.0280. The molecule has 0 aliphatic rings. The maximum atomic E-state index is 12.1. The fraction of sp³-hybridized carbons (Fsp3) is 0.222. The van der Waals surface area contributed by atoms with Crippen LogP contribution in [0, 0.1) is 0 Å². The lowest BCUT2D eigenvalue weighted by Gasteiger charge is -2.09. The third-order valence-electron chi connectivity index (χ3n) is 1.48. The molecule has 1 radical (unpaired) electrons. The summed E-state index contributed by atoms with van der Waals surface area (Å²) in [5.41, 5.74) is -4.04. The molecule has 2 nitrogen and oxygen atoms in total. The van der Waals surface area contributed by atoms with Gasteiger partial charge in [-0.15, -0.1) is 0 Å². The zero-order chi connectivity index (χ0) is 11.3. The minimum atomic E-state index is -4.35. The number of hydrogen-bond acceptors (Lipinski definition) is 3. The molecule has 6 heteroatoms. The summed E-state index contributed by atoms with van der Waals surface area (Å²) in [6.07, 6.45) is 0. The van der Waals surface area contributed by atoms with Crippen molar-refractivity contribution in [1.82, 2.24) is 0 Å². The Labute approximate surface area is 88.4 Å². The predicted molar refractivity (Wildman–Crippen MR) is 48.8 cm³/mol. The van der Waals surface area contributed by atoms with Crippen molar-refractivity contribution in [2.45, 2.75) is 17.0 Å². The van der Waals surface area contributed by atoms with Crippen LogP contribution in [0.3, 0.4) is 0 Å². The first-order valence-corrected chi connectivity index (χ1v) is 4.67. The molecule has 0 aliphatic heterocycles. The van der Waals surface area contributed by atoms with E-state index in [1.807, 2.05) is 0 Å². The summed E-state index contributed by atoms with van der Waals surface area (Å²) in [6.45, 7) is 0.960. The van der Waals surface area contributed by atoms with Gasteiger partial charge in [-0.25, -0.2) is 4.79 Å². The normalized spacial score (nSPS) is 11.1.